The lowest BCUT2D eigenvalue weighted by Gasteiger charge is -2.38. The van der Waals surface area contributed by atoms with E-state index in [1.54, 1.807) is 5.51 Å². The number of hydrogen-bond acceptors (Lipinski definition) is 6. The van der Waals surface area contributed by atoms with E-state index in [0.29, 0.717) is 17.2 Å². The Balaban J connectivity index is 2.14. The fourth-order valence-corrected chi connectivity index (χ4v) is 3.35. The predicted molar refractivity (Wildman–Crippen MR) is 80.5 cm³/mol. The molecule has 6 nitrogen and oxygen atoms in total. The van der Waals surface area contributed by atoms with Crippen molar-refractivity contribution < 1.29 is 4.92 Å². The molecule has 1 N–H and O–H groups in total. The van der Waals surface area contributed by atoms with Crippen molar-refractivity contribution in [2.75, 3.05) is 18.0 Å². The molecule has 1 saturated heterocycles. The molecule has 2 unspecified atom stereocenters. The molecule has 1 aromatic heterocycles. The van der Waals surface area contributed by atoms with Gasteiger partial charge >= 0.3 is 5.69 Å². The molecule has 1 aliphatic heterocycles. The zero-order valence-corrected chi connectivity index (χ0v) is 12.2. The van der Waals surface area contributed by atoms with Gasteiger partial charge in [0.2, 0.25) is 0 Å². The van der Waals surface area contributed by atoms with E-state index in [2.05, 4.69) is 29.0 Å². The lowest BCUT2D eigenvalue weighted by molar-refractivity contribution is -0.382. The molecule has 1 fully saturated rings. The number of nitrogens with one attached hydrogen (secondary N) is 1. The van der Waals surface area contributed by atoms with Gasteiger partial charge in [-0.2, -0.15) is 0 Å². The first kappa shape index (κ1) is 13.3. The normalized spacial score (nSPS) is 23.2. The van der Waals surface area contributed by atoms with Crippen molar-refractivity contribution in [3.8, 4) is 0 Å². The molecule has 0 aliphatic carbocycles. The largest absolute Gasteiger partial charge is 0.360 e. The number of aromatic nitrogens is 1. The van der Waals surface area contributed by atoms with Crippen LogP contribution in [0.4, 0.5) is 11.4 Å². The van der Waals surface area contributed by atoms with Crippen molar-refractivity contribution >= 4 is 32.9 Å². The van der Waals surface area contributed by atoms with Gasteiger partial charge in [-0.05, 0) is 26.0 Å². The van der Waals surface area contributed by atoms with Crippen molar-refractivity contribution in [3.63, 3.8) is 0 Å². The quantitative estimate of drug-likeness (QED) is 0.679. The zero-order chi connectivity index (χ0) is 14.3. The molecule has 106 valence electrons. The van der Waals surface area contributed by atoms with Crippen LogP contribution in [0, 0.1) is 10.1 Å². The van der Waals surface area contributed by atoms with E-state index in [1.807, 2.05) is 12.1 Å². The first-order valence-corrected chi connectivity index (χ1v) is 7.46. The van der Waals surface area contributed by atoms with Crippen LogP contribution in [0.3, 0.4) is 0 Å². The number of nitro groups is 1. The molecule has 0 bridgehead atoms. The number of anilines is 1. The molecule has 7 heteroatoms. The molecular formula is C13H16N4O2S. The minimum atomic E-state index is -0.309. The van der Waals surface area contributed by atoms with Gasteiger partial charge in [-0.1, -0.05) is 0 Å². The molecule has 3 rings (SSSR count). The highest BCUT2D eigenvalue weighted by Crippen LogP contribution is 2.37. The molecule has 20 heavy (non-hydrogen) atoms. The van der Waals surface area contributed by atoms with E-state index in [0.717, 1.165) is 17.8 Å². The van der Waals surface area contributed by atoms with Crippen LogP contribution < -0.4 is 10.2 Å². The highest BCUT2D eigenvalue weighted by Gasteiger charge is 2.30. The van der Waals surface area contributed by atoms with Crippen molar-refractivity contribution in [2.45, 2.75) is 25.9 Å². The summed E-state index contributed by atoms with van der Waals surface area (Å²) in [5, 5.41) is 14.9. The highest BCUT2D eigenvalue weighted by molar-refractivity contribution is 7.16. The second-order valence-electron chi connectivity index (χ2n) is 5.20. The monoisotopic (exact) mass is 292 g/mol. The Morgan fingerprint density at radius 1 is 1.50 bits per heavy atom. The molecule has 0 radical (unpaired) electrons. The van der Waals surface area contributed by atoms with Crippen LogP contribution in [0.15, 0.2) is 17.6 Å². The highest BCUT2D eigenvalue weighted by atomic mass is 32.1. The van der Waals surface area contributed by atoms with Gasteiger partial charge in [-0.25, -0.2) is 4.98 Å². The van der Waals surface area contributed by atoms with Gasteiger partial charge in [0, 0.05) is 25.2 Å². The summed E-state index contributed by atoms with van der Waals surface area (Å²) in [6.45, 7) is 5.75. The van der Waals surface area contributed by atoms with Gasteiger partial charge in [-0.15, -0.1) is 11.3 Å². The van der Waals surface area contributed by atoms with Gasteiger partial charge in [0.1, 0.15) is 5.69 Å². The number of nitro benzene ring substituents is 1. The summed E-state index contributed by atoms with van der Waals surface area (Å²) in [7, 11) is 0. The summed E-state index contributed by atoms with van der Waals surface area (Å²) >= 11 is 1.43. The molecule has 2 aromatic rings. The average molecular weight is 292 g/mol. The lowest BCUT2D eigenvalue weighted by Crippen LogP contribution is -2.54. The number of fused-ring (bicyclic) bond motifs is 1. The van der Waals surface area contributed by atoms with Crippen molar-refractivity contribution in [1.82, 2.24) is 10.3 Å². The van der Waals surface area contributed by atoms with E-state index in [9.17, 15) is 10.1 Å². The topological polar surface area (TPSA) is 71.3 Å². The van der Waals surface area contributed by atoms with Crippen LogP contribution >= 0.6 is 11.3 Å². The van der Waals surface area contributed by atoms with Crippen molar-refractivity contribution in [1.29, 1.82) is 0 Å². The van der Waals surface area contributed by atoms with Crippen molar-refractivity contribution in [2.24, 2.45) is 0 Å². The third kappa shape index (κ3) is 2.12. The number of rotatable bonds is 2. The summed E-state index contributed by atoms with van der Waals surface area (Å²) in [6, 6.07) is 4.32. The summed E-state index contributed by atoms with van der Waals surface area (Å²) in [6.07, 6.45) is 0. The van der Waals surface area contributed by atoms with Crippen LogP contribution in [0.1, 0.15) is 13.8 Å². The number of hydrogen-bond donors (Lipinski definition) is 1. The van der Waals surface area contributed by atoms with Crippen molar-refractivity contribution in [3.05, 3.63) is 27.8 Å². The Morgan fingerprint density at radius 3 is 3.05 bits per heavy atom. The number of nitrogens with zero attached hydrogens (tertiary/aromatic N) is 3. The minimum absolute atomic E-state index is 0.129. The summed E-state index contributed by atoms with van der Waals surface area (Å²) in [5.41, 5.74) is 2.96. The number of benzene rings is 1. The zero-order valence-electron chi connectivity index (χ0n) is 11.4. The molecule has 2 heterocycles. The van der Waals surface area contributed by atoms with Crippen LogP contribution in [0.25, 0.3) is 10.2 Å². The van der Waals surface area contributed by atoms with Gasteiger partial charge in [-0.3, -0.25) is 10.1 Å². The summed E-state index contributed by atoms with van der Waals surface area (Å²) < 4.78 is 0.858. The fraction of sp³-hybridized carbons (Fsp3) is 0.462. The van der Waals surface area contributed by atoms with Gasteiger partial charge in [0.25, 0.3) is 0 Å². The second kappa shape index (κ2) is 4.99. The Labute approximate surface area is 120 Å². The second-order valence-corrected chi connectivity index (χ2v) is 6.09. The van der Waals surface area contributed by atoms with E-state index >= 15 is 0 Å². The molecule has 2 atom stereocenters. The van der Waals surface area contributed by atoms with E-state index in [-0.39, 0.29) is 16.7 Å². The Kier molecular flexibility index (Phi) is 3.31. The SMILES string of the molecule is CC1CN(c2ccc3scnc3c2[N+](=O)[O-])C(C)CN1. The smallest absolute Gasteiger partial charge is 0.319 e. The fourth-order valence-electron chi connectivity index (χ4n) is 2.68. The first-order chi connectivity index (χ1) is 9.58. The first-order valence-electron chi connectivity index (χ1n) is 6.58. The summed E-state index contributed by atoms with van der Waals surface area (Å²) in [4.78, 5) is 17.5. The summed E-state index contributed by atoms with van der Waals surface area (Å²) in [5.74, 6) is 0. The maximum Gasteiger partial charge on any atom is 0.319 e. The number of piperazine rings is 1. The lowest BCUT2D eigenvalue weighted by atomic mass is 10.1. The maximum absolute atomic E-state index is 11.5. The Morgan fingerprint density at radius 2 is 2.30 bits per heavy atom. The van der Waals surface area contributed by atoms with Crippen LogP contribution in [-0.2, 0) is 0 Å². The third-order valence-corrected chi connectivity index (χ3v) is 4.50. The van der Waals surface area contributed by atoms with Gasteiger partial charge in [0.05, 0.1) is 15.1 Å². The van der Waals surface area contributed by atoms with E-state index in [1.165, 1.54) is 11.3 Å². The van der Waals surface area contributed by atoms with Crippen LogP contribution in [0.2, 0.25) is 0 Å². The maximum atomic E-state index is 11.5. The molecular weight excluding hydrogens is 276 g/mol. The van der Waals surface area contributed by atoms with E-state index < -0.39 is 0 Å². The minimum Gasteiger partial charge on any atom is -0.360 e. The van der Waals surface area contributed by atoms with Gasteiger partial charge < -0.3 is 10.2 Å². The molecule has 0 saturated carbocycles. The Hall–Kier alpha value is -1.73. The van der Waals surface area contributed by atoms with Crippen LogP contribution in [-0.4, -0.2) is 35.1 Å². The third-order valence-electron chi connectivity index (χ3n) is 3.71. The molecule has 1 aliphatic rings. The Bertz CT molecular complexity index is 657. The molecule has 0 spiro atoms. The average Bonchev–Trinajstić information content (AvgIpc) is 2.88. The van der Waals surface area contributed by atoms with E-state index in [4.69, 9.17) is 0 Å². The van der Waals surface area contributed by atoms with Gasteiger partial charge in [0.15, 0.2) is 5.52 Å². The predicted octanol–water partition coefficient (Wildman–Crippen LogP) is 2.39. The standard InChI is InChI=1S/C13H16N4O2S/c1-8-6-16(9(2)5-14-8)10-3-4-11-12(15-7-20-11)13(10)17(18)19/h3-4,7-9,14H,5-6H2,1-2H3. The molecule has 1 aromatic carbocycles. The molecule has 0 amide bonds. The number of thiazole rings is 1. The van der Waals surface area contributed by atoms with Crippen LogP contribution in [0.5, 0.6) is 0 Å².